The van der Waals surface area contributed by atoms with E-state index in [0.717, 1.165) is 30.8 Å². The van der Waals surface area contributed by atoms with Crippen LogP contribution in [0.5, 0.6) is 0 Å². The fourth-order valence-electron chi connectivity index (χ4n) is 3.39. The van der Waals surface area contributed by atoms with Gasteiger partial charge in [0, 0.05) is 38.5 Å². The predicted octanol–water partition coefficient (Wildman–Crippen LogP) is 3.54. The Morgan fingerprint density at radius 3 is 3.12 bits per heavy atom. The van der Waals surface area contributed by atoms with Gasteiger partial charge in [-0.2, -0.15) is 11.3 Å². The van der Waals surface area contributed by atoms with Crippen molar-refractivity contribution in [3.63, 3.8) is 0 Å². The molecule has 4 rings (SSSR count). The van der Waals surface area contributed by atoms with Crippen LogP contribution < -0.4 is 0 Å². The van der Waals surface area contributed by atoms with Crippen molar-refractivity contribution in [1.29, 1.82) is 0 Å². The first-order valence-electron chi connectivity index (χ1n) is 9.11. The fraction of sp³-hybridized carbons (Fsp3) is 0.400. The van der Waals surface area contributed by atoms with Crippen molar-refractivity contribution in [3.8, 4) is 0 Å². The van der Waals surface area contributed by atoms with Crippen LogP contribution in [-0.4, -0.2) is 39.4 Å². The Morgan fingerprint density at radius 2 is 2.35 bits per heavy atom. The first kappa shape index (κ1) is 17.2. The number of carbonyl (C=O) groups is 1. The molecule has 3 aromatic heterocycles. The SMILES string of the molecule is O=C(CCc1cn2ccccc2n1)N(Cc1ccsc1)CC1CCCO1. The zero-order chi connectivity index (χ0) is 17.8. The molecule has 0 aromatic carbocycles. The van der Waals surface area contributed by atoms with E-state index >= 15 is 0 Å². The Labute approximate surface area is 157 Å². The minimum Gasteiger partial charge on any atom is -0.376 e. The van der Waals surface area contributed by atoms with Crippen LogP contribution in [0, 0.1) is 0 Å². The summed E-state index contributed by atoms with van der Waals surface area (Å²) in [5.41, 5.74) is 3.07. The molecule has 1 saturated heterocycles. The van der Waals surface area contributed by atoms with Crippen molar-refractivity contribution < 1.29 is 9.53 Å². The Morgan fingerprint density at radius 1 is 1.38 bits per heavy atom. The van der Waals surface area contributed by atoms with Gasteiger partial charge >= 0.3 is 0 Å². The average molecular weight is 369 g/mol. The second-order valence-corrected chi connectivity index (χ2v) is 7.52. The van der Waals surface area contributed by atoms with E-state index in [1.54, 1.807) is 11.3 Å². The number of hydrogen-bond donors (Lipinski definition) is 0. The predicted molar refractivity (Wildman–Crippen MR) is 102 cm³/mol. The average Bonchev–Trinajstić information content (AvgIpc) is 3.40. The molecular formula is C20H23N3O2S. The van der Waals surface area contributed by atoms with Crippen LogP contribution in [0.3, 0.4) is 0 Å². The van der Waals surface area contributed by atoms with Gasteiger partial charge in [0.25, 0.3) is 0 Å². The largest absolute Gasteiger partial charge is 0.376 e. The molecule has 6 heteroatoms. The molecule has 0 bridgehead atoms. The highest BCUT2D eigenvalue weighted by atomic mass is 32.1. The van der Waals surface area contributed by atoms with Gasteiger partial charge < -0.3 is 14.0 Å². The molecule has 0 saturated carbocycles. The molecule has 0 N–H and O–H groups in total. The number of ether oxygens (including phenoxy) is 1. The van der Waals surface area contributed by atoms with Crippen LogP contribution in [-0.2, 0) is 22.5 Å². The van der Waals surface area contributed by atoms with Gasteiger partial charge in [-0.25, -0.2) is 4.98 Å². The molecule has 1 fully saturated rings. The zero-order valence-electron chi connectivity index (χ0n) is 14.7. The Kier molecular flexibility index (Phi) is 5.32. The molecule has 1 aliphatic heterocycles. The van der Waals surface area contributed by atoms with Crippen LogP contribution in [0.2, 0.25) is 0 Å². The summed E-state index contributed by atoms with van der Waals surface area (Å²) in [6.07, 6.45) is 7.42. The summed E-state index contributed by atoms with van der Waals surface area (Å²) >= 11 is 1.67. The summed E-state index contributed by atoms with van der Waals surface area (Å²) in [6.45, 7) is 2.15. The van der Waals surface area contributed by atoms with Crippen LogP contribution in [0.4, 0.5) is 0 Å². The summed E-state index contributed by atoms with van der Waals surface area (Å²) in [4.78, 5) is 19.4. The molecule has 136 valence electrons. The Bertz CT molecular complexity index is 820. The first-order valence-corrected chi connectivity index (χ1v) is 10.1. The lowest BCUT2D eigenvalue weighted by Crippen LogP contribution is -2.37. The second-order valence-electron chi connectivity index (χ2n) is 6.74. The number of fused-ring (bicyclic) bond motifs is 1. The highest BCUT2D eigenvalue weighted by molar-refractivity contribution is 7.07. The van der Waals surface area contributed by atoms with E-state index in [-0.39, 0.29) is 12.0 Å². The molecule has 26 heavy (non-hydrogen) atoms. The maximum absolute atomic E-state index is 12.9. The van der Waals surface area contributed by atoms with Crippen molar-refractivity contribution in [1.82, 2.24) is 14.3 Å². The third-order valence-corrected chi connectivity index (χ3v) is 5.50. The van der Waals surface area contributed by atoms with Crippen molar-refractivity contribution in [2.45, 2.75) is 38.3 Å². The number of aromatic nitrogens is 2. The molecule has 0 radical (unpaired) electrons. The van der Waals surface area contributed by atoms with Gasteiger partial charge in [0.05, 0.1) is 11.8 Å². The first-order chi connectivity index (χ1) is 12.8. The molecule has 3 aromatic rings. The number of pyridine rings is 1. The minimum absolute atomic E-state index is 0.170. The fourth-order valence-corrected chi connectivity index (χ4v) is 4.05. The molecule has 0 spiro atoms. The van der Waals surface area contributed by atoms with Crippen molar-refractivity contribution in [2.24, 2.45) is 0 Å². The van der Waals surface area contributed by atoms with E-state index in [1.165, 1.54) is 5.56 Å². The number of hydrogen-bond acceptors (Lipinski definition) is 4. The maximum Gasteiger partial charge on any atom is 0.223 e. The van der Waals surface area contributed by atoms with Gasteiger partial charge in [-0.05, 0) is 53.8 Å². The van der Waals surface area contributed by atoms with Crippen LogP contribution in [0.1, 0.15) is 30.5 Å². The Hall–Kier alpha value is -2.18. The molecule has 1 atom stereocenters. The highest BCUT2D eigenvalue weighted by Gasteiger charge is 2.23. The van der Waals surface area contributed by atoms with Gasteiger partial charge in [-0.15, -0.1) is 0 Å². The maximum atomic E-state index is 12.9. The molecule has 4 heterocycles. The normalized spacial score (nSPS) is 17.0. The van der Waals surface area contributed by atoms with E-state index in [9.17, 15) is 4.79 Å². The van der Waals surface area contributed by atoms with E-state index in [0.29, 0.717) is 25.9 Å². The lowest BCUT2D eigenvalue weighted by atomic mass is 10.1. The molecular weight excluding hydrogens is 346 g/mol. The van der Waals surface area contributed by atoms with Crippen LogP contribution >= 0.6 is 11.3 Å². The van der Waals surface area contributed by atoms with E-state index in [1.807, 2.05) is 39.9 Å². The van der Waals surface area contributed by atoms with E-state index in [2.05, 4.69) is 21.8 Å². The quantitative estimate of drug-likeness (QED) is 0.640. The third-order valence-electron chi connectivity index (χ3n) is 4.76. The summed E-state index contributed by atoms with van der Waals surface area (Å²) in [5.74, 6) is 0.170. The molecule has 1 amide bonds. The third kappa shape index (κ3) is 4.14. The standard InChI is InChI=1S/C20H23N3O2S/c24-20(7-6-17-13-22-9-2-1-5-19(22)21-17)23(12-16-8-11-26-15-16)14-18-4-3-10-25-18/h1-2,5,8-9,11,13,15,18H,3-4,6-7,10,12,14H2. The van der Waals surface area contributed by atoms with Crippen LogP contribution in [0.15, 0.2) is 47.4 Å². The van der Waals surface area contributed by atoms with Crippen molar-refractivity contribution in [3.05, 3.63) is 58.7 Å². The monoisotopic (exact) mass is 369 g/mol. The highest BCUT2D eigenvalue weighted by Crippen LogP contribution is 2.17. The smallest absolute Gasteiger partial charge is 0.223 e. The molecule has 1 aliphatic rings. The minimum atomic E-state index is 0.170. The van der Waals surface area contributed by atoms with Gasteiger partial charge in [0.2, 0.25) is 5.91 Å². The topological polar surface area (TPSA) is 46.8 Å². The summed E-state index contributed by atoms with van der Waals surface area (Å²) in [5, 5.41) is 4.17. The van der Waals surface area contributed by atoms with E-state index in [4.69, 9.17) is 4.74 Å². The van der Waals surface area contributed by atoms with E-state index < -0.39 is 0 Å². The number of amides is 1. The number of aryl methyl sites for hydroxylation is 1. The second kappa shape index (κ2) is 8.01. The van der Waals surface area contributed by atoms with Crippen LogP contribution in [0.25, 0.3) is 5.65 Å². The Balaban J connectivity index is 1.40. The van der Waals surface area contributed by atoms with Gasteiger partial charge in [0.15, 0.2) is 0 Å². The number of nitrogens with zero attached hydrogens (tertiary/aromatic N) is 3. The number of thiophene rings is 1. The van der Waals surface area contributed by atoms with Gasteiger partial charge in [0.1, 0.15) is 5.65 Å². The zero-order valence-corrected chi connectivity index (χ0v) is 15.5. The number of imidazole rings is 1. The summed E-state index contributed by atoms with van der Waals surface area (Å²) < 4.78 is 7.74. The van der Waals surface area contributed by atoms with Crippen molar-refractivity contribution in [2.75, 3.05) is 13.2 Å². The van der Waals surface area contributed by atoms with Crippen molar-refractivity contribution >= 4 is 22.9 Å². The summed E-state index contributed by atoms with van der Waals surface area (Å²) in [6, 6.07) is 8.02. The van der Waals surface area contributed by atoms with Gasteiger partial charge in [-0.1, -0.05) is 6.07 Å². The lowest BCUT2D eigenvalue weighted by molar-refractivity contribution is -0.133. The number of carbonyl (C=O) groups excluding carboxylic acids is 1. The summed E-state index contributed by atoms with van der Waals surface area (Å²) in [7, 11) is 0. The molecule has 1 unspecified atom stereocenters. The molecule has 0 aliphatic carbocycles. The number of rotatable bonds is 7. The molecule has 5 nitrogen and oxygen atoms in total. The lowest BCUT2D eigenvalue weighted by Gasteiger charge is -2.25. The van der Waals surface area contributed by atoms with Gasteiger partial charge in [-0.3, -0.25) is 4.79 Å².